The molecular formula is C36H37N3O5. The molecule has 3 atom stereocenters. The molecule has 0 fully saturated rings. The fraction of sp³-hybridized carbons (Fsp3) is 0.306. The van der Waals surface area contributed by atoms with Crippen LogP contribution in [0.1, 0.15) is 42.0 Å². The number of nitrogens with zero attached hydrogens (tertiary/aromatic N) is 3. The molecule has 0 saturated carbocycles. The number of carbonyl (C=O) groups excluding carboxylic acids is 3. The third-order valence-corrected chi connectivity index (χ3v) is 9.18. The van der Waals surface area contributed by atoms with Crippen LogP contribution in [0.25, 0.3) is 0 Å². The van der Waals surface area contributed by atoms with Crippen LogP contribution in [-0.2, 0) is 39.4 Å². The van der Waals surface area contributed by atoms with Gasteiger partial charge in [0.2, 0.25) is 11.8 Å². The average molecular weight is 592 g/mol. The fourth-order valence-corrected chi connectivity index (χ4v) is 6.77. The number of rotatable bonds is 8. The molecule has 0 spiro atoms. The minimum atomic E-state index is -1.91. The lowest BCUT2D eigenvalue weighted by Gasteiger charge is -2.36. The molecule has 0 saturated heterocycles. The summed E-state index contributed by atoms with van der Waals surface area (Å²) in [7, 11) is 0. The number of para-hydroxylation sites is 1. The largest absolute Gasteiger partial charge is 0.394 e. The van der Waals surface area contributed by atoms with E-state index >= 15 is 0 Å². The maximum absolute atomic E-state index is 13.8. The van der Waals surface area contributed by atoms with Crippen LogP contribution in [0.5, 0.6) is 0 Å². The smallest absolute Gasteiger partial charge is 0.264 e. The lowest BCUT2D eigenvalue weighted by Crippen LogP contribution is -2.46. The number of hydrogen-bond donors (Lipinski definition) is 2. The Morgan fingerprint density at radius 3 is 2.50 bits per heavy atom. The summed E-state index contributed by atoms with van der Waals surface area (Å²) in [5.74, 6) is -1.35. The summed E-state index contributed by atoms with van der Waals surface area (Å²) in [5, 5.41) is 22.1. The molecule has 0 radical (unpaired) electrons. The molecule has 0 aromatic heterocycles. The number of amides is 3. The van der Waals surface area contributed by atoms with Crippen LogP contribution in [0.15, 0.2) is 91.5 Å². The summed E-state index contributed by atoms with van der Waals surface area (Å²) >= 11 is 0. The van der Waals surface area contributed by atoms with Gasteiger partial charge in [0.1, 0.15) is 0 Å². The van der Waals surface area contributed by atoms with Crippen molar-refractivity contribution in [2.24, 2.45) is 5.92 Å². The minimum absolute atomic E-state index is 0.0487. The molecule has 3 aromatic rings. The van der Waals surface area contributed by atoms with Crippen LogP contribution in [-0.4, -0.2) is 52.0 Å². The second kappa shape index (κ2) is 11.9. The summed E-state index contributed by atoms with van der Waals surface area (Å²) in [5.41, 5.74) is 3.71. The quantitative estimate of drug-likeness (QED) is 0.375. The zero-order chi connectivity index (χ0) is 31.0. The van der Waals surface area contributed by atoms with Gasteiger partial charge in [0.25, 0.3) is 5.91 Å². The molecule has 3 amide bonds. The van der Waals surface area contributed by atoms with E-state index in [9.17, 15) is 24.6 Å². The minimum Gasteiger partial charge on any atom is -0.394 e. The van der Waals surface area contributed by atoms with E-state index in [1.807, 2.05) is 54.6 Å². The van der Waals surface area contributed by atoms with E-state index in [-0.39, 0.29) is 37.4 Å². The third-order valence-electron chi connectivity index (χ3n) is 9.18. The van der Waals surface area contributed by atoms with E-state index in [0.29, 0.717) is 42.7 Å². The molecule has 226 valence electrons. The highest BCUT2D eigenvalue weighted by molar-refractivity contribution is 6.09. The maximum atomic E-state index is 13.8. The molecular weight excluding hydrogens is 554 g/mol. The van der Waals surface area contributed by atoms with E-state index in [1.54, 1.807) is 47.1 Å². The van der Waals surface area contributed by atoms with Crippen molar-refractivity contribution >= 4 is 34.8 Å². The molecule has 0 bridgehead atoms. The predicted octanol–water partition coefficient (Wildman–Crippen LogP) is 4.55. The van der Waals surface area contributed by atoms with Gasteiger partial charge < -0.3 is 20.0 Å². The van der Waals surface area contributed by atoms with Gasteiger partial charge >= 0.3 is 0 Å². The molecule has 8 heteroatoms. The second-order valence-corrected chi connectivity index (χ2v) is 11.8. The molecule has 6 rings (SSSR count). The first-order chi connectivity index (χ1) is 21.3. The Morgan fingerprint density at radius 1 is 1.02 bits per heavy atom. The summed E-state index contributed by atoms with van der Waals surface area (Å²) in [6.45, 7) is 6.05. The monoisotopic (exact) mass is 591 g/mol. The second-order valence-electron chi connectivity index (χ2n) is 11.8. The Labute approximate surface area is 257 Å². The molecule has 2 N–H and O–H groups in total. The Balaban J connectivity index is 1.28. The summed E-state index contributed by atoms with van der Waals surface area (Å²) in [4.78, 5) is 45.1. The number of benzene rings is 3. The van der Waals surface area contributed by atoms with Crippen LogP contribution in [0, 0.1) is 5.92 Å². The van der Waals surface area contributed by atoms with E-state index < -0.39 is 17.4 Å². The van der Waals surface area contributed by atoms with E-state index in [4.69, 9.17) is 0 Å². The van der Waals surface area contributed by atoms with Crippen molar-refractivity contribution in [3.63, 3.8) is 0 Å². The van der Waals surface area contributed by atoms with Gasteiger partial charge in [-0.15, -0.1) is 6.58 Å². The van der Waals surface area contributed by atoms with Crippen LogP contribution in [0.3, 0.4) is 0 Å². The molecule has 3 aromatic carbocycles. The van der Waals surface area contributed by atoms with E-state index in [0.717, 1.165) is 22.4 Å². The molecule has 44 heavy (non-hydrogen) atoms. The third kappa shape index (κ3) is 4.94. The van der Waals surface area contributed by atoms with Crippen molar-refractivity contribution in [1.82, 2.24) is 4.90 Å². The number of aliphatic hydroxyl groups is 2. The molecule has 0 unspecified atom stereocenters. The number of fused-ring (bicyclic) bond motifs is 3. The normalized spacial score (nSPS) is 21.7. The van der Waals surface area contributed by atoms with Crippen LogP contribution < -0.4 is 9.80 Å². The number of aryl methyl sites for hydroxylation is 1. The van der Waals surface area contributed by atoms with Gasteiger partial charge in [-0.3, -0.25) is 19.3 Å². The highest BCUT2D eigenvalue weighted by Crippen LogP contribution is 2.47. The summed E-state index contributed by atoms with van der Waals surface area (Å²) < 4.78 is 0. The zero-order valence-corrected chi connectivity index (χ0v) is 24.9. The standard InChI is InChI=1S/C36H37N3O5/c1-3-19-37-32-17-16-28(39-31-13-7-6-10-25(31)15-18-34(39)42)21-30(32)36(44,35(37)43)24(2)9-8-14-33(41)38-22-27-12-5-4-11-26(27)20-29(38)23-40/h3-13,16-17,21,24,29,40,44H,1,14-15,18-20,22-23H2,2H3/b9-8+/t24-,29-,36+/m0/s1. The highest BCUT2D eigenvalue weighted by atomic mass is 16.3. The summed E-state index contributed by atoms with van der Waals surface area (Å²) in [6.07, 6.45) is 6.69. The molecule has 3 heterocycles. The van der Waals surface area contributed by atoms with Crippen molar-refractivity contribution in [1.29, 1.82) is 0 Å². The molecule has 3 aliphatic heterocycles. The fourth-order valence-electron chi connectivity index (χ4n) is 6.77. The number of aliphatic hydroxyl groups excluding tert-OH is 1. The van der Waals surface area contributed by atoms with E-state index in [2.05, 4.69) is 6.58 Å². The van der Waals surface area contributed by atoms with Crippen molar-refractivity contribution < 1.29 is 24.6 Å². The van der Waals surface area contributed by atoms with Crippen molar-refractivity contribution in [2.75, 3.05) is 23.0 Å². The molecule has 8 nitrogen and oxygen atoms in total. The van der Waals surface area contributed by atoms with Crippen molar-refractivity contribution in [2.45, 2.75) is 50.8 Å². The van der Waals surface area contributed by atoms with Crippen LogP contribution in [0.4, 0.5) is 17.1 Å². The Kier molecular flexibility index (Phi) is 7.97. The maximum Gasteiger partial charge on any atom is 0.264 e. The van der Waals surface area contributed by atoms with Gasteiger partial charge in [0.05, 0.1) is 24.0 Å². The Bertz CT molecular complexity index is 1660. The number of hydrogen-bond acceptors (Lipinski definition) is 5. The number of carbonyl (C=O) groups is 3. The Morgan fingerprint density at radius 2 is 1.75 bits per heavy atom. The van der Waals surface area contributed by atoms with Crippen molar-refractivity contribution in [3.05, 3.63) is 114 Å². The first-order valence-electron chi connectivity index (χ1n) is 15.1. The Hall–Kier alpha value is -4.53. The van der Waals surface area contributed by atoms with Gasteiger partial charge in [-0.1, -0.05) is 67.6 Å². The lowest BCUT2D eigenvalue weighted by atomic mass is 9.82. The predicted molar refractivity (Wildman–Crippen MR) is 169 cm³/mol. The van der Waals surface area contributed by atoms with Crippen LogP contribution >= 0.6 is 0 Å². The number of anilines is 3. The zero-order valence-electron chi connectivity index (χ0n) is 24.9. The van der Waals surface area contributed by atoms with Gasteiger partial charge in [0, 0.05) is 43.1 Å². The van der Waals surface area contributed by atoms with Gasteiger partial charge in [-0.05, 0) is 53.8 Å². The first-order valence-corrected chi connectivity index (χ1v) is 15.1. The van der Waals surface area contributed by atoms with E-state index in [1.165, 1.54) is 4.90 Å². The molecule has 0 aliphatic carbocycles. The van der Waals surface area contributed by atoms with Crippen molar-refractivity contribution in [3.8, 4) is 0 Å². The van der Waals surface area contributed by atoms with Gasteiger partial charge in [-0.2, -0.15) is 0 Å². The van der Waals surface area contributed by atoms with Gasteiger partial charge in [-0.25, -0.2) is 0 Å². The van der Waals surface area contributed by atoms with Gasteiger partial charge in [0.15, 0.2) is 5.60 Å². The lowest BCUT2D eigenvalue weighted by molar-refractivity contribution is -0.139. The SMILES string of the molecule is C=CCN1C(=O)[C@@](O)([C@@H](C)/C=C/CC(=O)N2Cc3ccccc3C[C@H]2CO)c2cc(N3C(=O)CCc4ccccc43)ccc21. The molecule has 3 aliphatic rings. The summed E-state index contributed by atoms with van der Waals surface area (Å²) in [6, 6.07) is 20.7. The van der Waals surface area contributed by atoms with Crippen LogP contribution in [0.2, 0.25) is 0 Å². The first kappa shape index (κ1) is 29.5. The average Bonchev–Trinajstić information content (AvgIpc) is 3.26. The highest BCUT2D eigenvalue weighted by Gasteiger charge is 2.52. The topological polar surface area (TPSA) is 101 Å².